The van der Waals surface area contributed by atoms with Crippen LogP contribution in [-0.2, 0) is 4.79 Å². The summed E-state index contributed by atoms with van der Waals surface area (Å²) < 4.78 is 0. The van der Waals surface area contributed by atoms with Gasteiger partial charge in [0.05, 0.1) is 0 Å². The van der Waals surface area contributed by atoms with E-state index in [1.54, 1.807) is 17.0 Å². The molecular formula is C18H27N3O2. The van der Waals surface area contributed by atoms with E-state index in [-0.39, 0.29) is 11.8 Å². The van der Waals surface area contributed by atoms with Gasteiger partial charge < -0.3 is 16.0 Å². The molecule has 23 heavy (non-hydrogen) atoms. The number of nitrogens with one attached hydrogen (secondary N) is 1. The van der Waals surface area contributed by atoms with E-state index in [1.165, 1.54) is 0 Å². The van der Waals surface area contributed by atoms with Crippen molar-refractivity contribution in [2.45, 2.75) is 45.6 Å². The Morgan fingerprint density at radius 1 is 1.35 bits per heavy atom. The van der Waals surface area contributed by atoms with Crippen LogP contribution < -0.4 is 16.0 Å². The molecule has 3 N–H and O–H groups in total. The molecule has 0 bridgehead atoms. The van der Waals surface area contributed by atoms with Crippen molar-refractivity contribution >= 4 is 17.5 Å². The molecule has 1 aliphatic heterocycles. The molecular weight excluding hydrogens is 290 g/mol. The fourth-order valence-corrected chi connectivity index (χ4v) is 3.15. The van der Waals surface area contributed by atoms with Crippen LogP contribution in [0.5, 0.6) is 0 Å². The molecule has 0 aromatic heterocycles. The van der Waals surface area contributed by atoms with Gasteiger partial charge in [-0.05, 0) is 49.9 Å². The zero-order valence-electron chi connectivity index (χ0n) is 14.3. The lowest BCUT2D eigenvalue weighted by Gasteiger charge is -2.31. The summed E-state index contributed by atoms with van der Waals surface area (Å²) in [6.07, 6.45) is 2.33. The maximum absolute atomic E-state index is 12.5. The number of hydrogen-bond donors (Lipinski definition) is 2. The maximum atomic E-state index is 12.5. The number of benzene rings is 1. The van der Waals surface area contributed by atoms with Gasteiger partial charge in [-0.1, -0.05) is 13.8 Å². The summed E-state index contributed by atoms with van der Waals surface area (Å²) in [4.78, 5) is 26.0. The first-order valence-corrected chi connectivity index (χ1v) is 8.27. The number of carbonyl (C=O) groups is 2. The van der Waals surface area contributed by atoms with Crippen LogP contribution in [0.2, 0.25) is 0 Å². The molecule has 1 saturated heterocycles. The van der Waals surface area contributed by atoms with Crippen LogP contribution in [0.15, 0.2) is 24.3 Å². The maximum Gasteiger partial charge on any atom is 0.251 e. The molecule has 1 atom stereocenters. The van der Waals surface area contributed by atoms with Crippen molar-refractivity contribution in [3.05, 3.63) is 29.8 Å². The van der Waals surface area contributed by atoms with E-state index in [9.17, 15) is 9.59 Å². The number of carbonyl (C=O) groups excluding carboxylic acids is 2. The Labute approximate surface area is 138 Å². The van der Waals surface area contributed by atoms with E-state index < -0.39 is 5.54 Å². The number of hydrogen-bond acceptors (Lipinski definition) is 3. The number of nitrogens with zero attached hydrogens (tertiary/aromatic N) is 1. The van der Waals surface area contributed by atoms with Crippen LogP contribution in [0.4, 0.5) is 5.69 Å². The van der Waals surface area contributed by atoms with Crippen molar-refractivity contribution in [2.75, 3.05) is 18.0 Å². The van der Waals surface area contributed by atoms with Gasteiger partial charge in [-0.3, -0.25) is 9.59 Å². The molecule has 2 amide bonds. The lowest BCUT2D eigenvalue weighted by molar-refractivity contribution is -0.117. The SMILES string of the molecule is CC(C)CC(C)(CN)NC(=O)c1ccc(N2CCCC2=O)cc1. The normalized spacial score (nSPS) is 17.4. The van der Waals surface area contributed by atoms with Gasteiger partial charge in [0, 0.05) is 36.3 Å². The highest BCUT2D eigenvalue weighted by atomic mass is 16.2. The zero-order valence-corrected chi connectivity index (χ0v) is 14.3. The Kier molecular flexibility index (Phi) is 5.42. The number of anilines is 1. The van der Waals surface area contributed by atoms with Crippen molar-refractivity contribution in [1.82, 2.24) is 5.32 Å². The van der Waals surface area contributed by atoms with Crippen LogP contribution in [0.1, 0.15) is 50.4 Å². The molecule has 0 saturated carbocycles. The number of rotatable bonds is 6. The third-order valence-electron chi connectivity index (χ3n) is 4.24. The van der Waals surface area contributed by atoms with E-state index in [0.29, 0.717) is 24.4 Å². The van der Waals surface area contributed by atoms with Crippen molar-refractivity contribution < 1.29 is 9.59 Å². The van der Waals surface area contributed by atoms with Gasteiger partial charge in [0.25, 0.3) is 5.91 Å². The van der Waals surface area contributed by atoms with Crippen LogP contribution in [-0.4, -0.2) is 30.4 Å². The highest BCUT2D eigenvalue weighted by molar-refractivity contribution is 5.97. The predicted octanol–water partition coefficient (Wildman–Crippen LogP) is 2.31. The highest BCUT2D eigenvalue weighted by Gasteiger charge is 2.27. The van der Waals surface area contributed by atoms with E-state index in [2.05, 4.69) is 19.2 Å². The van der Waals surface area contributed by atoms with Gasteiger partial charge in [-0.2, -0.15) is 0 Å². The van der Waals surface area contributed by atoms with Gasteiger partial charge in [-0.25, -0.2) is 0 Å². The molecule has 5 heteroatoms. The monoisotopic (exact) mass is 317 g/mol. The minimum atomic E-state index is -0.408. The molecule has 1 aliphatic rings. The Morgan fingerprint density at radius 2 is 2.00 bits per heavy atom. The molecule has 0 radical (unpaired) electrons. The van der Waals surface area contributed by atoms with Gasteiger partial charge in [0.1, 0.15) is 0 Å². The molecule has 1 heterocycles. The van der Waals surface area contributed by atoms with Gasteiger partial charge in [0.2, 0.25) is 5.91 Å². The van der Waals surface area contributed by atoms with Gasteiger partial charge >= 0.3 is 0 Å². The van der Waals surface area contributed by atoms with E-state index >= 15 is 0 Å². The lowest BCUT2D eigenvalue weighted by Crippen LogP contribution is -2.52. The first kappa shape index (κ1) is 17.5. The van der Waals surface area contributed by atoms with Crippen LogP contribution in [0.3, 0.4) is 0 Å². The summed E-state index contributed by atoms with van der Waals surface area (Å²) in [5.41, 5.74) is 6.88. The first-order chi connectivity index (χ1) is 10.8. The van der Waals surface area contributed by atoms with E-state index in [0.717, 1.165) is 25.1 Å². The Morgan fingerprint density at radius 3 is 2.48 bits per heavy atom. The topological polar surface area (TPSA) is 75.4 Å². The van der Waals surface area contributed by atoms with Gasteiger partial charge in [0.15, 0.2) is 0 Å². The summed E-state index contributed by atoms with van der Waals surface area (Å²) in [6, 6.07) is 7.20. The molecule has 2 rings (SSSR count). The smallest absolute Gasteiger partial charge is 0.251 e. The Bertz CT molecular complexity index is 568. The quantitative estimate of drug-likeness (QED) is 0.845. The largest absolute Gasteiger partial charge is 0.346 e. The van der Waals surface area contributed by atoms with Crippen molar-refractivity contribution in [1.29, 1.82) is 0 Å². The van der Waals surface area contributed by atoms with Crippen LogP contribution >= 0.6 is 0 Å². The minimum Gasteiger partial charge on any atom is -0.346 e. The second-order valence-electron chi connectivity index (χ2n) is 7.01. The number of nitrogens with two attached hydrogens (primary N) is 1. The lowest BCUT2D eigenvalue weighted by atomic mass is 9.90. The predicted molar refractivity (Wildman–Crippen MR) is 92.4 cm³/mol. The highest BCUT2D eigenvalue weighted by Crippen LogP contribution is 2.22. The summed E-state index contributed by atoms with van der Waals surface area (Å²) in [6.45, 7) is 7.35. The zero-order chi connectivity index (χ0) is 17.0. The van der Waals surface area contributed by atoms with E-state index in [1.807, 2.05) is 19.1 Å². The standard InChI is InChI=1S/C18H27N3O2/c1-13(2)11-18(3,12-19)20-17(23)14-6-8-15(9-7-14)21-10-4-5-16(21)22/h6-9,13H,4-5,10-12,19H2,1-3H3,(H,20,23). The van der Waals surface area contributed by atoms with Gasteiger partial charge in [-0.15, -0.1) is 0 Å². The second-order valence-corrected chi connectivity index (χ2v) is 7.01. The molecule has 1 aromatic carbocycles. The average Bonchev–Trinajstić information content (AvgIpc) is 2.92. The summed E-state index contributed by atoms with van der Waals surface area (Å²) >= 11 is 0. The Balaban J connectivity index is 2.06. The second kappa shape index (κ2) is 7.13. The van der Waals surface area contributed by atoms with Crippen molar-refractivity contribution in [3.8, 4) is 0 Å². The number of amides is 2. The van der Waals surface area contributed by atoms with Crippen molar-refractivity contribution in [3.63, 3.8) is 0 Å². The average molecular weight is 317 g/mol. The molecule has 0 spiro atoms. The third-order valence-corrected chi connectivity index (χ3v) is 4.24. The molecule has 0 aliphatic carbocycles. The Hall–Kier alpha value is -1.88. The summed E-state index contributed by atoms with van der Waals surface area (Å²) in [5.74, 6) is 0.472. The molecule has 1 fully saturated rings. The summed E-state index contributed by atoms with van der Waals surface area (Å²) in [7, 11) is 0. The fourth-order valence-electron chi connectivity index (χ4n) is 3.15. The molecule has 1 unspecified atom stereocenters. The first-order valence-electron chi connectivity index (χ1n) is 8.27. The van der Waals surface area contributed by atoms with Crippen LogP contribution in [0.25, 0.3) is 0 Å². The molecule has 1 aromatic rings. The molecule has 5 nitrogen and oxygen atoms in total. The van der Waals surface area contributed by atoms with E-state index in [4.69, 9.17) is 5.73 Å². The van der Waals surface area contributed by atoms with Crippen molar-refractivity contribution in [2.24, 2.45) is 11.7 Å². The van der Waals surface area contributed by atoms with Crippen LogP contribution in [0, 0.1) is 5.92 Å². The third kappa shape index (κ3) is 4.32. The minimum absolute atomic E-state index is 0.127. The summed E-state index contributed by atoms with van der Waals surface area (Å²) in [5, 5.41) is 3.04. The molecule has 126 valence electrons. The fraction of sp³-hybridized carbons (Fsp3) is 0.556.